The van der Waals surface area contributed by atoms with Crippen molar-refractivity contribution in [1.29, 1.82) is 0 Å². The molecule has 0 bridgehead atoms. The van der Waals surface area contributed by atoms with E-state index in [2.05, 4.69) is 9.97 Å². The number of para-hydroxylation sites is 2. The number of hydrogen-bond donors (Lipinski definition) is 0. The Bertz CT molecular complexity index is 1290. The number of sulfonamides is 1. The maximum atomic E-state index is 13.4. The van der Waals surface area contributed by atoms with Crippen LogP contribution in [0.1, 0.15) is 34.1 Å². The van der Waals surface area contributed by atoms with Gasteiger partial charge in [0.15, 0.2) is 11.5 Å². The van der Waals surface area contributed by atoms with Crippen LogP contribution in [-0.4, -0.2) is 61.4 Å². The van der Waals surface area contributed by atoms with Gasteiger partial charge in [0.1, 0.15) is 0 Å². The van der Waals surface area contributed by atoms with Gasteiger partial charge in [-0.1, -0.05) is 29.8 Å². The Kier molecular flexibility index (Phi) is 6.36. The number of nitrogens with zero attached hydrogens (tertiary/aromatic N) is 4. The minimum absolute atomic E-state index is 0.150. The fourth-order valence-electron chi connectivity index (χ4n) is 4.39. The average molecular weight is 469 g/mol. The number of anilines is 1. The molecule has 0 saturated carbocycles. The third-order valence-electron chi connectivity index (χ3n) is 5.76. The maximum absolute atomic E-state index is 13.4. The number of piperazine rings is 1. The van der Waals surface area contributed by atoms with Crippen molar-refractivity contribution < 1.29 is 17.9 Å². The molecular formula is C24H28N4O4S. The van der Waals surface area contributed by atoms with Crippen molar-refractivity contribution in [3.63, 3.8) is 0 Å². The fraction of sp³-hybridized carbons (Fsp3) is 0.375. The first-order valence-electron chi connectivity index (χ1n) is 11.0. The van der Waals surface area contributed by atoms with Crippen LogP contribution in [-0.2, 0) is 14.8 Å². The Morgan fingerprint density at radius 3 is 2.12 bits per heavy atom. The molecule has 2 heterocycles. The molecule has 2 aromatic carbocycles. The van der Waals surface area contributed by atoms with E-state index in [1.165, 1.54) is 4.31 Å². The Balaban J connectivity index is 1.63. The van der Waals surface area contributed by atoms with E-state index < -0.39 is 16.0 Å². The molecule has 0 radical (unpaired) electrons. The second-order valence-corrected chi connectivity index (χ2v) is 10.1. The lowest BCUT2D eigenvalue weighted by atomic mass is 10.1. The van der Waals surface area contributed by atoms with Gasteiger partial charge in [-0.15, -0.1) is 0 Å². The number of carbonyl (C=O) groups excluding carboxylic acids is 1. The Labute approximate surface area is 194 Å². The first-order valence-corrected chi connectivity index (χ1v) is 12.4. The second-order valence-electron chi connectivity index (χ2n) is 8.22. The number of hydrogen-bond acceptors (Lipinski definition) is 7. The maximum Gasteiger partial charge on any atom is 0.360 e. The summed E-state index contributed by atoms with van der Waals surface area (Å²) in [6, 6.07) is 11.1. The zero-order chi connectivity index (χ0) is 23.8. The van der Waals surface area contributed by atoms with Gasteiger partial charge >= 0.3 is 5.97 Å². The molecule has 1 aromatic heterocycles. The first-order chi connectivity index (χ1) is 15.7. The van der Waals surface area contributed by atoms with Gasteiger partial charge in [-0.25, -0.2) is 23.2 Å². The number of esters is 1. The molecule has 0 spiro atoms. The summed E-state index contributed by atoms with van der Waals surface area (Å²) in [4.78, 5) is 24.1. The number of aromatic nitrogens is 2. The third-order valence-corrected chi connectivity index (χ3v) is 7.97. The van der Waals surface area contributed by atoms with E-state index in [1.54, 1.807) is 13.0 Å². The monoisotopic (exact) mass is 468 g/mol. The van der Waals surface area contributed by atoms with E-state index in [-0.39, 0.29) is 25.4 Å². The lowest BCUT2D eigenvalue weighted by Crippen LogP contribution is -2.49. The first kappa shape index (κ1) is 23.1. The van der Waals surface area contributed by atoms with Crippen LogP contribution in [0.3, 0.4) is 0 Å². The minimum Gasteiger partial charge on any atom is -0.461 e. The van der Waals surface area contributed by atoms with Gasteiger partial charge in [0.05, 0.1) is 22.5 Å². The van der Waals surface area contributed by atoms with Gasteiger partial charge < -0.3 is 9.64 Å². The summed E-state index contributed by atoms with van der Waals surface area (Å²) in [6.07, 6.45) is 0. The zero-order valence-electron chi connectivity index (χ0n) is 19.3. The number of ether oxygens (including phenoxy) is 1. The Hall–Kier alpha value is -3.04. The number of carbonyl (C=O) groups is 1. The van der Waals surface area contributed by atoms with Crippen LogP contribution in [0.2, 0.25) is 0 Å². The summed E-state index contributed by atoms with van der Waals surface area (Å²) in [7, 11) is -3.64. The summed E-state index contributed by atoms with van der Waals surface area (Å²) >= 11 is 0. The van der Waals surface area contributed by atoms with Crippen molar-refractivity contribution in [3.8, 4) is 0 Å². The lowest BCUT2D eigenvalue weighted by molar-refractivity contribution is 0.0520. The normalized spacial score (nSPS) is 15.1. The summed E-state index contributed by atoms with van der Waals surface area (Å²) in [6.45, 7) is 8.95. The molecule has 1 fully saturated rings. The van der Waals surface area contributed by atoms with Crippen molar-refractivity contribution in [2.24, 2.45) is 0 Å². The van der Waals surface area contributed by atoms with Crippen LogP contribution in [0.25, 0.3) is 11.0 Å². The molecule has 1 aliphatic rings. The summed E-state index contributed by atoms with van der Waals surface area (Å²) < 4.78 is 33.6. The standard InChI is InChI=1S/C24H28N4O4S/c1-5-32-24(29)21-23(26-20-9-7-6-8-19(20)25-21)27-10-12-28(13-11-27)33(30,31)22-17(3)14-16(2)15-18(22)4/h6-9,14-15H,5,10-13H2,1-4H3. The van der Waals surface area contributed by atoms with Crippen LogP contribution in [0, 0.1) is 20.8 Å². The number of benzene rings is 2. The predicted molar refractivity (Wildman–Crippen MR) is 127 cm³/mol. The molecule has 3 aromatic rings. The van der Waals surface area contributed by atoms with Gasteiger partial charge in [0, 0.05) is 26.2 Å². The van der Waals surface area contributed by atoms with E-state index in [1.807, 2.05) is 56.0 Å². The summed E-state index contributed by atoms with van der Waals surface area (Å²) in [5, 5.41) is 0. The smallest absolute Gasteiger partial charge is 0.360 e. The Morgan fingerprint density at radius 1 is 0.970 bits per heavy atom. The molecule has 174 valence electrons. The SMILES string of the molecule is CCOC(=O)c1nc2ccccc2nc1N1CCN(S(=O)(=O)c2c(C)cc(C)cc2C)CC1. The van der Waals surface area contributed by atoms with Crippen LogP contribution < -0.4 is 4.90 Å². The second kappa shape index (κ2) is 9.07. The highest BCUT2D eigenvalue weighted by Crippen LogP contribution is 2.28. The highest BCUT2D eigenvalue weighted by atomic mass is 32.2. The van der Waals surface area contributed by atoms with Crippen molar-refractivity contribution in [3.05, 3.63) is 58.8 Å². The van der Waals surface area contributed by atoms with Crippen molar-refractivity contribution >= 4 is 32.8 Å². The van der Waals surface area contributed by atoms with Crippen LogP contribution >= 0.6 is 0 Å². The quantitative estimate of drug-likeness (QED) is 0.531. The van der Waals surface area contributed by atoms with E-state index in [0.717, 1.165) is 16.7 Å². The number of fused-ring (bicyclic) bond motifs is 1. The summed E-state index contributed by atoms with van der Waals surface area (Å²) in [5.41, 5.74) is 3.96. The van der Waals surface area contributed by atoms with E-state index in [0.29, 0.717) is 34.8 Å². The van der Waals surface area contributed by atoms with Crippen molar-refractivity contribution in [2.75, 3.05) is 37.7 Å². The number of aryl methyl sites for hydroxylation is 3. The molecule has 8 nitrogen and oxygen atoms in total. The molecule has 0 unspecified atom stereocenters. The average Bonchev–Trinajstić information content (AvgIpc) is 2.77. The Morgan fingerprint density at radius 2 is 1.55 bits per heavy atom. The largest absolute Gasteiger partial charge is 0.461 e. The highest BCUT2D eigenvalue weighted by molar-refractivity contribution is 7.89. The molecule has 4 rings (SSSR count). The third kappa shape index (κ3) is 4.43. The molecule has 0 atom stereocenters. The highest BCUT2D eigenvalue weighted by Gasteiger charge is 2.33. The fourth-order valence-corrected chi connectivity index (χ4v) is 6.22. The van der Waals surface area contributed by atoms with Gasteiger partial charge in [0.25, 0.3) is 0 Å². The summed E-state index contributed by atoms with van der Waals surface area (Å²) in [5.74, 6) is -0.112. The van der Waals surface area contributed by atoms with E-state index in [9.17, 15) is 13.2 Å². The van der Waals surface area contributed by atoms with Crippen LogP contribution in [0.5, 0.6) is 0 Å². The molecule has 33 heavy (non-hydrogen) atoms. The molecule has 9 heteroatoms. The molecular weight excluding hydrogens is 440 g/mol. The topological polar surface area (TPSA) is 92.7 Å². The number of rotatable bonds is 5. The van der Waals surface area contributed by atoms with Crippen LogP contribution in [0.4, 0.5) is 5.82 Å². The minimum atomic E-state index is -3.64. The van der Waals surface area contributed by atoms with Gasteiger partial charge in [-0.05, 0) is 51.0 Å². The van der Waals surface area contributed by atoms with E-state index >= 15 is 0 Å². The lowest BCUT2D eigenvalue weighted by Gasteiger charge is -2.35. The van der Waals surface area contributed by atoms with Gasteiger partial charge in [-0.2, -0.15) is 4.31 Å². The van der Waals surface area contributed by atoms with Gasteiger partial charge in [0.2, 0.25) is 10.0 Å². The molecule has 0 amide bonds. The van der Waals surface area contributed by atoms with Crippen LogP contribution in [0.15, 0.2) is 41.3 Å². The molecule has 0 aliphatic carbocycles. The zero-order valence-corrected chi connectivity index (χ0v) is 20.1. The molecule has 1 saturated heterocycles. The predicted octanol–water partition coefficient (Wildman–Crippen LogP) is 3.24. The van der Waals surface area contributed by atoms with Gasteiger partial charge in [-0.3, -0.25) is 0 Å². The van der Waals surface area contributed by atoms with Crippen molar-refractivity contribution in [2.45, 2.75) is 32.6 Å². The van der Waals surface area contributed by atoms with E-state index in [4.69, 9.17) is 4.74 Å². The molecule has 0 N–H and O–H groups in total. The molecule has 1 aliphatic heterocycles. The van der Waals surface area contributed by atoms with Crippen molar-refractivity contribution in [1.82, 2.24) is 14.3 Å².